The van der Waals surface area contributed by atoms with Crippen molar-refractivity contribution < 1.29 is 22.0 Å². The highest BCUT2D eigenvalue weighted by molar-refractivity contribution is 5.67. The SMILES string of the molecule is CCCC1CCN(c2ccc(-c3cc(F)c(C(F)(F)F)c(F)c3)cc2)CC1. The molecule has 146 valence electrons. The molecular formula is C21H22F5N. The first-order valence-electron chi connectivity index (χ1n) is 9.21. The smallest absolute Gasteiger partial charge is 0.372 e. The number of anilines is 1. The van der Waals surface area contributed by atoms with Gasteiger partial charge in [0.1, 0.15) is 17.2 Å². The highest BCUT2D eigenvalue weighted by atomic mass is 19.4. The molecule has 1 aliphatic rings. The van der Waals surface area contributed by atoms with Gasteiger partial charge in [-0.05, 0) is 54.2 Å². The zero-order chi connectivity index (χ0) is 19.6. The van der Waals surface area contributed by atoms with Crippen LogP contribution in [0.4, 0.5) is 27.6 Å². The fraction of sp³-hybridized carbons (Fsp3) is 0.429. The van der Waals surface area contributed by atoms with Gasteiger partial charge in [0.2, 0.25) is 0 Å². The molecule has 0 aromatic heterocycles. The summed E-state index contributed by atoms with van der Waals surface area (Å²) < 4.78 is 65.7. The van der Waals surface area contributed by atoms with Crippen molar-refractivity contribution in [2.24, 2.45) is 5.92 Å². The zero-order valence-corrected chi connectivity index (χ0v) is 15.1. The van der Waals surface area contributed by atoms with Crippen LogP contribution in [-0.4, -0.2) is 13.1 Å². The number of piperidine rings is 1. The maximum absolute atomic E-state index is 13.8. The first-order chi connectivity index (χ1) is 12.8. The lowest BCUT2D eigenvalue weighted by atomic mass is 9.92. The van der Waals surface area contributed by atoms with E-state index in [1.807, 2.05) is 12.1 Å². The van der Waals surface area contributed by atoms with Gasteiger partial charge < -0.3 is 4.90 Å². The molecule has 0 radical (unpaired) electrons. The minimum atomic E-state index is -5.06. The Kier molecular flexibility index (Phi) is 5.72. The Labute approximate surface area is 155 Å². The summed E-state index contributed by atoms with van der Waals surface area (Å²) in [6.45, 7) is 4.12. The molecule has 1 saturated heterocycles. The van der Waals surface area contributed by atoms with Crippen molar-refractivity contribution in [1.82, 2.24) is 0 Å². The van der Waals surface area contributed by atoms with Crippen LogP contribution in [0, 0.1) is 17.6 Å². The highest BCUT2D eigenvalue weighted by Gasteiger charge is 2.38. The van der Waals surface area contributed by atoms with Gasteiger partial charge in [-0.25, -0.2) is 8.78 Å². The molecule has 0 bridgehead atoms. The van der Waals surface area contributed by atoms with Gasteiger partial charge in [0.05, 0.1) is 0 Å². The minimum absolute atomic E-state index is 0.0891. The summed E-state index contributed by atoms with van der Waals surface area (Å²) in [5.41, 5.74) is -0.267. The lowest BCUT2D eigenvalue weighted by Crippen LogP contribution is -2.33. The zero-order valence-electron chi connectivity index (χ0n) is 15.1. The maximum Gasteiger partial charge on any atom is 0.422 e. The highest BCUT2D eigenvalue weighted by Crippen LogP contribution is 2.36. The molecule has 6 heteroatoms. The van der Waals surface area contributed by atoms with Crippen LogP contribution in [-0.2, 0) is 6.18 Å². The first-order valence-corrected chi connectivity index (χ1v) is 9.21. The Bertz CT molecular complexity index is 751. The number of hydrogen-bond donors (Lipinski definition) is 0. The van der Waals surface area contributed by atoms with E-state index in [-0.39, 0.29) is 5.56 Å². The summed E-state index contributed by atoms with van der Waals surface area (Å²) in [4.78, 5) is 2.27. The lowest BCUT2D eigenvalue weighted by Gasteiger charge is -2.33. The quantitative estimate of drug-likeness (QED) is 0.533. The molecule has 0 N–H and O–H groups in total. The molecule has 1 fully saturated rings. The molecule has 1 aliphatic heterocycles. The van der Waals surface area contributed by atoms with Gasteiger partial charge in [0.25, 0.3) is 0 Å². The Morgan fingerprint density at radius 1 is 0.926 bits per heavy atom. The lowest BCUT2D eigenvalue weighted by molar-refractivity contribution is -0.142. The van der Waals surface area contributed by atoms with Crippen molar-refractivity contribution in [2.75, 3.05) is 18.0 Å². The molecule has 0 saturated carbocycles. The number of benzene rings is 2. The van der Waals surface area contributed by atoms with Crippen molar-refractivity contribution in [2.45, 2.75) is 38.8 Å². The number of nitrogens with zero attached hydrogens (tertiary/aromatic N) is 1. The summed E-state index contributed by atoms with van der Waals surface area (Å²) >= 11 is 0. The van der Waals surface area contributed by atoms with Gasteiger partial charge in [-0.2, -0.15) is 13.2 Å². The number of rotatable bonds is 4. The van der Waals surface area contributed by atoms with Crippen LogP contribution < -0.4 is 4.90 Å². The van der Waals surface area contributed by atoms with Crippen LogP contribution in [0.2, 0.25) is 0 Å². The summed E-state index contributed by atoms with van der Waals surface area (Å²) in [6.07, 6.45) is -0.326. The van der Waals surface area contributed by atoms with Gasteiger partial charge in [0, 0.05) is 18.8 Å². The van der Waals surface area contributed by atoms with Crippen LogP contribution in [0.1, 0.15) is 38.2 Å². The van der Waals surface area contributed by atoms with Crippen LogP contribution in [0.15, 0.2) is 36.4 Å². The molecule has 0 atom stereocenters. The Balaban J connectivity index is 1.76. The van der Waals surface area contributed by atoms with E-state index in [0.29, 0.717) is 5.56 Å². The van der Waals surface area contributed by atoms with Gasteiger partial charge in [-0.3, -0.25) is 0 Å². The van der Waals surface area contributed by atoms with E-state index in [2.05, 4.69) is 11.8 Å². The second-order valence-electron chi connectivity index (χ2n) is 7.08. The van der Waals surface area contributed by atoms with Crippen LogP contribution in [0.5, 0.6) is 0 Å². The second kappa shape index (κ2) is 7.87. The molecule has 1 nitrogen and oxygen atoms in total. The summed E-state index contributed by atoms with van der Waals surface area (Å²) in [7, 11) is 0. The largest absolute Gasteiger partial charge is 0.422 e. The molecular weight excluding hydrogens is 361 g/mol. The van der Waals surface area contributed by atoms with Gasteiger partial charge in [0.15, 0.2) is 0 Å². The molecule has 1 heterocycles. The third-order valence-corrected chi connectivity index (χ3v) is 5.20. The number of halogens is 5. The Hall–Kier alpha value is -2.11. The van der Waals surface area contributed by atoms with E-state index in [1.165, 1.54) is 12.8 Å². The molecule has 27 heavy (non-hydrogen) atoms. The summed E-state index contributed by atoms with van der Waals surface area (Å²) in [5, 5.41) is 0. The summed E-state index contributed by atoms with van der Waals surface area (Å²) in [5.74, 6) is -2.43. The van der Waals surface area contributed by atoms with Crippen molar-refractivity contribution >= 4 is 5.69 Å². The van der Waals surface area contributed by atoms with E-state index < -0.39 is 23.4 Å². The second-order valence-corrected chi connectivity index (χ2v) is 7.08. The standard InChI is InChI=1S/C21H22F5N/c1-2-3-14-8-10-27(11-9-14)17-6-4-15(5-7-17)16-12-18(22)20(19(23)13-16)21(24,25)26/h4-7,12-14H,2-3,8-11H2,1H3. The predicted octanol–water partition coefficient (Wildman–Crippen LogP) is 6.67. The first kappa shape index (κ1) is 19.6. The Morgan fingerprint density at radius 2 is 1.48 bits per heavy atom. The molecule has 0 aliphatic carbocycles. The maximum atomic E-state index is 13.8. The Morgan fingerprint density at radius 3 is 1.96 bits per heavy atom. The molecule has 0 unspecified atom stereocenters. The van der Waals surface area contributed by atoms with Crippen molar-refractivity contribution in [3.8, 4) is 11.1 Å². The van der Waals surface area contributed by atoms with Crippen molar-refractivity contribution in [3.05, 3.63) is 53.6 Å². The van der Waals surface area contributed by atoms with E-state index in [9.17, 15) is 22.0 Å². The van der Waals surface area contributed by atoms with E-state index in [4.69, 9.17) is 0 Å². The molecule has 2 aromatic rings. The predicted molar refractivity (Wildman–Crippen MR) is 96.6 cm³/mol. The molecule has 0 spiro atoms. The molecule has 2 aromatic carbocycles. The van der Waals surface area contributed by atoms with Gasteiger partial charge >= 0.3 is 6.18 Å². The monoisotopic (exact) mass is 383 g/mol. The van der Waals surface area contributed by atoms with Crippen LogP contribution in [0.3, 0.4) is 0 Å². The third-order valence-electron chi connectivity index (χ3n) is 5.20. The fourth-order valence-corrected chi connectivity index (χ4v) is 3.76. The summed E-state index contributed by atoms with van der Waals surface area (Å²) in [6, 6.07) is 8.55. The van der Waals surface area contributed by atoms with Crippen LogP contribution in [0.25, 0.3) is 11.1 Å². The fourth-order valence-electron chi connectivity index (χ4n) is 3.76. The normalized spacial score (nSPS) is 16.0. The minimum Gasteiger partial charge on any atom is -0.372 e. The third kappa shape index (κ3) is 4.42. The van der Waals surface area contributed by atoms with E-state index in [1.54, 1.807) is 12.1 Å². The van der Waals surface area contributed by atoms with Crippen molar-refractivity contribution in [1.29, 1.82) is 0 Å². The van der Waals surface area contributed by atoms with Gasteiger partial charge in [-0.1, -0.05) is 31.9 Å². The average molecular weight is 383 g/mol. The van der Waals surface area contributed by atoms with Crippen molar-refractivity contribution in [3.63, 3.8) is 0 Å². The van der Waals surface area contributed by atoms with E-state index >= 15 is 0 Å². The number of alkyl halides is 3. The average Bonchev–Trinajstić information content (AvgIpc) is 2.61. The molecule has 0 amide bonds. The number of hydrogen-bond acceptors (Lipinski definition) is 1. The van der Waals surface area contributed by atoms with Crippen LogP contribution >= 0.6 is 0 Å². The van der Waals surface area contributed by atoms with Gasteiger partial charge in [-0.15, -0.1) is 0 Å². The topological polar surface area (TPSA) is 3.24 Å². The molecule has 3 rings (SSSR count). The van der Waals surface area contributed by atoms with E-state index in [0.717, 1.165) is 49.7 Å².